The van der Waals surface area contributed by atoms with Crippen molar-refractivity contribution in [1.29, 1.82) is 5.26 Å². The highest BCUT2D eigenvalue weighted by Crippen LogP contribution is 2.27. The van der Waals surface area contributed by atoms with Crippen LogP contribution in [-0.4, -0.2) is 6.61 Å². The van der Waals surface area contributed by atoms with Crippen LogP contribution < -0.4 is 0 Å². The van der Waals surface area contributed by atoms with Gasteiger partial charge in [-0.3, -0.25) is 0 Å². The maximum absolute atomic E-state index is 8.66. The van der Waals surface area contributed by atoms with E-state index in [1.54, 1.807) is 0 Å². The molecular formula is C12H13NO. The lowest BCUT2D eigenvalue weighted by Gasteiger charge is -2.22. The molecule has 14 heavy (non-hydrogen) atoms. The summed E-state index contributed by atoms with van der Waals surface area (Å²) in [4.78, 5) is 0. The van der Waals surface area contributed by atoms with E-state index < -0.39 is 0 Å². The second-order valence-corrected chi connectivity index (χ2v) is 3.59. The quantitative estimate of drug-likeness (QED) is 0.677. The largest absolute Gasteiger partial charge is 0.374 e. The van der Waals surface area contributed by atoms with Crippen LogP contribution in [0.5, 0.6) is 0 Å². The van der Waals surface area contributed by atoms with Crippen LogP contribution >= 0.6 is 0 Å². The van der Waals surface area contributed by atoms with Gasteiger partial charge in [0, 0.05) is 6.61 Å². The smallest absolute Gasteiger partial charge is 0.0991 e. The summed E-state index contributed by atoms with van der Waals surface area (Å²) < 4.78 is 5.65. The number of nitrogens with zero attached hydrogens (tertiary/aromatic N) is 1. The number of ether oxygens (including phenoxy) is 1. The van der Waals surface area contributed by atoms with Gasteiger partial charge in [-0.1, -0.05) is 12.1 Å². The standard InChI is InChI=1S/C12H13NO/c13-9-10-4-6-11(7-5-10)12-3-1-2-8-14-12/h4-7,12H,1-3,8H2. The molecule has 0 N–H and O–H groups in total. The molecule has 0 bridgehead atoms. The normalized spacial score (nSPS) is 21.5. The van der Waals surface area contributed by atoms with Gasteiger partial charge in [-0.15, -0.1) is 0 Å². The lowest BCUT2D eigenvalue weighted by Crippen LogP contribution is -2.11. The third kappa shape index (κ3) is 1.94. The van der Waals surface area contributed by atoms with E-state index in [0.29, 0.717) is 5.56 Å². The molecule has 0 aromatic heterocycles. The summed E-state index contributed by atoms with van der Waals surface area (Å²) in [6.07, 6.45) is 3.76. The summed E-state index contributed by atoms with van der Waals surface area (Å²) in [7, 11) is 0. The van der Waals surface area contributed by atoms with Gasteiger partial charge in [0.2, 0.25) is 0 Å². The van der Waals surface area contributed by atoms with Crippen molar-refractivity contribution in [3.63, 3.8) is 0 Å². The average molecular weight is 187 g/mol. The Bertz CT molecular complexity index is 330. The van der Waals surface area contributed by atoms with Crippen molar-refractivity contribution in [3.8, 4) is 6.07 Å². The second-order valence-electron chi connectivity index (χ2n) is 3.59. The van der Waals surface area contributed by atoms with Crippen LogP contribution in [0.3, 0.4) is 0 Å². The monoisotopic (exact) mass is 187 g/mol. The molecule has 0 aliphatic carbocycles. The topological polar surface area (TPSA) is 33.0 Å². The van der Waals surface area contributed by atoms with Crippen molar-refractivity contribution in [1.82, 2.24) is 0 Å². The minimum Gasteiger partial charge on any atom is -0.374 e. The van der Waals surface area contributed by atoms with Gasteiger partial charge in [0.05, 0.1) is 17.7 Å². The molecule has 2 nitrogen and oxygen atoms in total. The van der Waals surface area contributed by atoms with Crippen LogP contribution in [0.25, 0.3) is 0 Å². The van der Waals surface area contributed by atoms with Crippen LogP contribution in [0.15, 0.2) is 24.3 Å². The molecule has 1 aromatic rings. The van der Waals surface area contributed by atoms with Gasteiger partial charge in [-0.25, -0.2) is 0 Å². The number of hydrogen-bond acceptors (Lipinski definition) is 2. The lowest BCUT2D eigenvalue weighted by atomic mass is 10.0. The molecule has 1 aliphatic heterocycles. The summed E-state index contributed by atoms with van der Waals surface area (Å²) in [6.45, 7) is 0.866. The van der Waals surface area contributed by atoms with Crippen LogP contribution in [0.4, 0.5) is 0 Å². The molecule has 1 saturated heterocycles. The third-order valence-electron chi connectivity index (χ3n) is 2.59. The predicted octanol–water partition coefficient (Wildman–Crippen LogP) is 2.80. The van der Waals surface area contributed by atoms with Crippen molar-refractivity contribution in [2.24, 2.45) is 0 Å². The minimum atomic E-state index is 0.247. The second kappa shape index (κ2) is 4.26. The molecular weight excluding hydrogens is 174 g/mol. The molecule has 0 amide bonds. The van der Waals surface area contributed by atoms with Crippen LogP contribution in [0.2, 0.25) is 0 Å². The Balaban J connectivity index is 2.12. The zero-order valence-corrected chi connectivity index (χ0v) is 8.07. The van der Waals surface area contributed by atoms with Crippen molar-refractivity contribution >= 4 is 0 Å². The Morgan fingerprint density at radius 3 is 2.57 bits per heavy atom. The summed E-state index contributed by atoms with van der Waals surface area (Å²) >= 11 is 0. The predicted molar refractivity (Wildman–Crippen MR) is 53.7 cm³/mol. The molecule has 0 spiro atoms. The molecule has 1 aromatic carbocycles. The van der Waals surface area contributed by atoms with Crippen molar-refractivity contribution < 1.29 is 4.74 Å². The zero-order chi connectivity index (χ0) is 9.80. The van der Waals surface area contributed by atoms with E-state index in [-0.39, 0.29) is 6.10 Å². The fourth-order valence-electron chi connectivity index (χ4n) is 1.78. The van der Waals surface area contributed by atoms with Gasteiger partial charge < -0.3 is 4.74 Å². The van der Waals surface area contributed by atoms with Gasteiger partial charge >= 0.3 is 0 Å². The first-order chi connectivity index (χ1) is 6.90. The first kappa shape index (κ1) is 9.23. The Labute approximate surface area is 84.1 Å². The average Bonchev–Trinajstić information content (AvgIpc) is 2.30. The molecule has 2 rings (SSSR count). The lowest BCUT2D eigenvalue weighted by molar-refractivity contribution is 0.0149. The van der Waals surface area contributed by atoms with Gasteiger partial charge in [-0.05, 0) is 37.0 Å². The Hall–Kier alpha value is -1.33. The van der Waals surface area contributed by atoms with E-state index >= 15 is 0 Å². The number of rotatable bonds is 1. The zero-order valence-electron chi connectivity index (χ0n) is 8.07. The first-order valence-corrected chi connectivity index (χ1v) is 5.02. The first-order valence-electron chi connectivity index (χ1n) is 5.02. The molecule has 0 saturated carbocycles. The van der Waals surface area contributed by atoms with Crippen molar-refractivity contribution in [2.45, 2.75) is 25.4 Å². The van der Waals surface area contributed by atoms with Crippen molar-refractivity contribution in [3.05, 3.63) is 35.4 Å². The van der Waals surface area contributed by atoms with E-state index in [0.717, 1.165) is 13.0 Å². The maximum atomic E-state index is 8.66. The molecule has 2 heteroatoms. The van der Waals surface area contributed by atoms with Gasteiger partial charge in [-0.2, -0.15) is 5.26 Å². The third-order valence-corrected chi connectivity index (χ3v) is 2.59. The Morgan fingerprint density at radius 2 is 2.00 bits per heavy atom. The van der Waals surface area contributed by atoms with Crippen LogP contribution in [0.1, 0.15) is 36.5 Å². The fraction of sp³-hybridized carbons (Fsp3) is 0.417. The van der Waals surface area contributed by atoms with Crippen molar-refractivity contribution in [2.75, 3.05) is 6.61 Å². The number of nitriles is 1. The molecule has 1 unspecified atom stereocenters. The molecule has 1 atom stereocenters. The fourth-order valence-corrected chi connectivity index (χ4v) is 1.78. The van der Waals surface area contributed by atoms with Crippen LogP contribution in [0, 0.1) is 11.3 Å². The summed E-state index contributed by atoms with van der Waals surface area (Å²) in [5, 5.41) is 8.66. The van der Waals surface area contributed by atoms with Gasteiger partial charge in [0.25, 0.3) is 0 Å². The Kier molecular flexibility index (Phi) is 2.81. The highest BCUT2D eigenvalue weighted by Gasteiger charge is 2.15. The molecule has 1 fully saturated rings. The number of hydrogen-bond donors (Lipinski definition) is 0. The molecule has 0 radical (unpaired) electrons. The molecule has 72 valence electrons. The van der Waals surface area contributed by atoms with E-state index in [9.17, 15) is 0 Å². The SMILES string of the molecule is N#Cc1ccc(C2CCCCO2)cc1. The van der Waals surface area contributed by atoms with E-state index in [2.05, 4.69) is 6.07 Å². The van der Waals surface area contributed by atoms with Gasteiger partial charge in [0.15, 0.2) is 0 Å². The van der Waals surface area contributed by atoms with E-state index in [1.807, 2.05) is 24.3 Å². The Morgan fingerprint density at radius 1 is 1.21 bits per heavy atom. The summed E-state index contributed by atoms with van der Waals surface area (Å²) in [5.74, 6) is 0. The minimum absolute atomic E-state index is 0.247. The van der Waals surface area contributed by atoms with E-state index in [1.165, 1.54) is 18.4 Å². The van der Waals surface area contributed by atoms with E-state index in [4.69, 9.17) is 10.00 Å². The summed E-state index contributed by atoms with van der Waals surface area (Å²) in [6, 6.07) is 9.81. The highest BCUT2D eigenvalue weighted by atomic mass is 16.5. The van der Waals surface area contributed by atoms with Gasteiger partial charge in [0.1, 0.15) is 0 Å². The summed E-state index contributed by atoms with van der Waals surface area (Å²) in [5.41, 5.74) is 1.91. The highest BCUT2D eigenvalue weighted by molar-refractivity contribution is 5.32. The molecule has 1 aliphatic rings. The number of benzene rings is 1. The maximum Gasteiger partial charge on any atom is 0.0991 e. The molecule has 1 heterocycles. The van der Waals surface area contributed by atoms with Crippen LogP contribution in [-0.2, 0) is 4.74 Å².